The number of nitrogens with two attached hydrogens (primary N) is 2. The Labute approximate surface area is 236 Å². The molecule has 5 N–H and O–H groups in total. The molecule has 0 aliphatic heterocycles. The van der Waals surface area contributed by atoms with Gasteiger partial charge in [-0.25, -0.2) is 0 Å². The zero-order valence-corrected chi connectivity index (χ0v) is 23.5. The van der Waals surface area contributed by atoms with Crippen molar-refractivity contribution >= 4 is 34.9 Å². The van der Waals surface area contributed by atoms with E-state index in [1.54, 1.807) is 37.4 Å². The molecule has 12 heteroatoms. The molecule has 4 rings (SSSR count). The first-order valence-electron chi connectivity index (χ1n) is 12.8. The maximum Gasteiger partial charge on any atom is 0.270 e. The highest BCUT2D eigenvalue weighted by Gasteiger charge is 2.36. The standard InChI is InChI=1S/C28H33N5O6S/c1-37-19-11-8-16(9-12-19)15-33(28(36)25-22(29)23(26(30)34)32-40-25)24(27(35)31-18-6-4-5-7-18)17-10-13-20(38-2)21(14-17)39-3/h8-14,18,24H,4-7,15,29H2,1-3H3,(H2,30,34)(H,31,35)/t24-/m0/s1. The Morgan fingerprint density at radius 1 is 1.02 bits per heavy atom. The van der Waals surface area contributed by atoms with Gasteiger partial charge in [-0.3, -0.25) is 14.4 Å². The second kappa shape index (κ2) is 12.7. The summed E-state index contributed by atoms with van der Waals surface area (Å²) in [5, 5.41) is 3.13. The van der Waals surface area contributed by atoms with Gasteiger partial charge in [0.1, 0.15) is 16.7 Å². The number of rotatable bonds is 11. The van der Waals surface area contributed by atoms with Crippen LogP contribution in [0.15, 0.2) is 42.5 Å². The number of nitrogens with zero attached hydrogens (tertiary/aromatic N) is 2. The molecule has 2 aromatic carbocycles. The summed E-state index contributed by atoms with van der Waals surface area (Å²) in [6.45, 7) is 0.0448. The summed E-state index contributed by atoms with van der Waals surface area (Å²) >= 11 is 0.765. The van der Waals surface area contributed by atoms with E-state index in [9.17, 15) is 14.4 Å². The monoisotopic (exact) mass is 567 g/mol. The van der Waals surface area contributed by atoms with Crippen LogP contribution in [0.1, 0.15) is 63.0 Å². The van der Waals surface area contributed by atoms with E-state index in [1.165, 1.54) is 19.1 Å². The lowest BCUT2D eigenvalue weighted by Crippen LogP contribution is -2.45. The molecule has 212 valence electrons. The van der Waals surface area contributed by atoms with Crippen molar-refractivity contribution in [2.24, 2.45) is 5.73 Å². The van der Waals surface area contributed by atoms with E-state index in [0.29, 0.717) is 22.8 Å². The molecular formula is C28H33N5O6S. The highest BCUT2D eigenvalue weighted by molar-refractivity contribution is 7.09. The van der Waals surface area contributed by atoms with Crippen molar-refractivity contribution in [3.05, 3.63) is 64.2 Å². The lowest BCUT2D eigenvalue weighted by atomic mass is 10.0. The zero-order chi connectivity index (χ0) is 28.8. The van der Waals surface area contributed by atoms with Crippen LogP contribution in [0, 0.1) is 0 Å². The van der Waals surface area contributed by atoms with Crippen LogP contribution in [0.5, 0.6) is 17.2 Å². The number of hydrogen-bond acceptors (Lipinski definition) is 9. The van der Waals surface area contributed by atoms with Crippen molar-refractivity contribution in [1.82, 2.24) is 14.6 Å². The predicted octanol–water partition coefficient (Wildman–Crippen LogP) is 3.29. The molecule has 1 aliphatic rings. The fourth-order valence-corrected chi connectivity index (χ4v) is 5.57. The van der Waals surface area contributed by atoms with Crippen molar-refractivity contribution in [2.45, 2.75) is 44.3 Å². The molecule has 0 radical (unpaired) electrons. The Morgan fingerprint density at radius 3 is 2.27 bits per heavy atom. The molecule has 0 bridgehead atoms. The summed E-state index contributed by atoms with van der Waals surface area (Å²) in [6, 6.07) is 11.2. The molecule has 1 aromatic heterocycles. The van der Waals surface area contributed by atoms with Crippen LogP contribution in [0.2, 0.25) is 0 Å². The third kappa shape index (κ3) is 6.12. The van der Waals surface area contributed by atoms with Gasteiger partial charge in [-0.15, -0.1) is 0 Å². The van der Waals surface area contributed by atoms with Crippen LogP contribution < -0.4 is 31.0 Å². The molecule has 3 aromatic rings. The average Bonchev–Trinajstić information content (AvgIpc) is 3.62. The number of carbonyl (C=O) groups is 3. The van der Waals surface area contributed by atoms with E-state index in [0.717, 1.165) is 42.8 Å². The number of methoxy groups -OCH3 is 3. The maximum atomic E-state index is 14.2. The Bertz CT molecular complexity index is 1370. The van der Waals surface area contributed by atoms with Gasteiger partial charge in [0.25, 0.3) is 11.8 Å². The zero-order valence-electron chi connectivity index (χ0n) is 22.6. The SMILES string of the molecule is COc1ccc(CN(C(=O)c2snc(C(N)=O)c2N)[C@H](C(=O)NC2CCCC2)c2ccc(OC)c(OC)c2)cc1. The number of primary amides is 1. The fourth-order valence-electron chi connectivity index (χ4n) is 4.81. The van der Waals surface area contributed by atoms with Crippen LogP contribution in [-0.4, -0.2) is 54.4 Å². The first kappa shape index (κ1) is 28.7. The number of nitrogen functional groups attached to an aromatic ring is 1. The number of ether oxygens (including phenoxy) is 3. The van der Waals surface area contributed by atoms with Gasteiger partial charge >= 0.3 is 0 Å². The molecular weight excluding hydrogens is 534 g/mol. The minimum absolute atomic E-state index is 0.00280. The normalized spacial score (nSPS) is 13.9. The van der Waals surface area contributed by atoms with Crippen LogP contribution in [0.25, 0.3) is 0 Å². The van der Waals surface area contributed by atoms with Crippen LogP contribution in [0.4, 0.5) is 5.69 Å². The Hall–Kier alpha value is -4.32. The summed E-state index contributed by atoms with van der Waals surface area (Å²) in [5.41, 5.74) is 12.5. The molecule has 0 saturated heterocycles. The maximum absolute atomic E-state index is 14.2. The van der Waals surface area contributed by atoms with Crippen LogP contribution in [-0.2, 0) is 11.3 Å². The minimum Gasteiger partial charge on any atom is -0.497 e. The summed E-state index contributed by atoms with van der Waals surface area (Å²) < 4.78 is 20.2. The topological polar surface area (TPSA) is 159 Å². The molecule has 1 fully saturated rings. The van der Waals surface area contributed by atoms with Gasteiger partial charge in [-0.2, -0.15) is 4.37 Å². The lowest BCUT2D eigenvalue weighted by Gasteiger charge is -2.32. The molecule has 1 aliphatic carbocycles. The summed E-state index contributed by atoms with van der Waals surface area (Å²) in [7, 11) is 4.58. The number of aromatic nitrogens is 1. The average molecular weight is 568 g/mol. The van der Waals surface area contributed by atoms with Gasteiger partial charge in [0, 0.05) is 12.6 Å². The molecule has 1 heterocycles. The van der Waals surface area contributed by atoms with Crippen molar-refractivity contribution in [1.29, 1.82) is 0 Å². The molecule has 40 heavy (non-hydrogen) atoms. The third-order valence-electron chi connectivity index (χ3n) is 6.91. The number of benzene rings is 2. The van der Waals surface area contributed by atoms with Crippen LogP contribution in [0.3, 0.4) is 0 Å². The minimum atomic E-state index is -1.08. The molecule has 11 nitrogen and oxygen atoms in total. The first-order valence-corrected chi connectivity index (χ1v) is 13.6. The van der Waals surface area contributed by atoms with Crippen molar-refractivity contribution < 1.29 is 28.6 Å². The smallest absolute Gasteiger partial charge is 0.270 e. The largest absolute Gasteiger partial charge is 0.497 e. The van der Waals surface area contributed by atoms with Gasteiger partial charge < -0.3 is 35.9 Å². The third-order valence-corrected chi connectivity index (χ3v) is 7.76. The van der Waals surface area contributed by atoms with Gasteiger partial charge in [-0.05, 0) is 59.8 Å². The highest BCUT2D eigenvalue weighted by atomic mass is 32.1. The van der Waals surface area contributed by atoms with E-state index in [2.05, 4.69) is 9.69 Å². The molecule has 0 spiro atoms. The first-order chi connectivity index (χ1) is 19.3. The predicted molar refractivity (Wildman–Crippen MR) is 151 cm³/mol. The van der Waals surface area contributed by atoms with Crippen molar-refractivity contribution in [2.75, 3.05) is 27.1 Å². The summed E-state index contributed by atoms with van der Waals surface area (Å²) in [6.07, 6.45) is 3.77. The second-order valence-electron chi connectivity index (χ2n) is 9.43. The van der Waals surface area contributed by atoms with Gasteiger partial charge in [0.15, 0.2) is 17.2 Å². The van der Waals surface area contributed by atoms with E-state index in [4.69, 9.17) is 25.7 Å². The van der Waals surface area contributed by atoms with E-state index >= 15 is 0 Å². The Morgan fingerprint density at radius 2 is 1.70 bits per heavy atom. The number of nitrogens with one attached hydrogen (secondary N) is 1. The van der Waals surface area contributed by atoms with Crippen molar-refractivity contribution in [3.8, 4) is 17.2 Å². The quantitative estimate of drug-likeness (QED) is 0.318. The summed E-state index contributed by atoms with van der Waals surface area (Å²) in [5.74, 6) is -0.227. The van der Waals surface area contributed by atoms with Gasteiger partial charge in [0.2, 0.25) is 5.91 Å². The molecule has 3 amide bonds. The van der Waals surface area contributed by atoms with Gasteiger partial charge in [-0.1, -0.05) is 31.0 Å². The molecule has 0 unspecified atom stereocenters. The van der Waals surface area contributed by atoms with E-state index in [1.807, 2.05) is 12.1 Å². The number of anilines is 1. The van der Waals surface area contributed by atoms with Crippen LogP contribution >= 0.6 is 11.5 Å². The molecule has 1 atom stereocenters. The lowest BCUT2D eigenvalue weighted by molar-refractivity contribution is -0.126. The van der Waals surface area contributed by atoms with Gasteiger partial charge in [0.05, 0.1) is 27.0 Å². The number of amides is 3. The van der Waals surface area contributed by atoms with Crippen molar-refractivity contribution in [3.63, 3.8) is 0 Å². The van der Waals surface area contributed by atoms with E-state index in [-0.39, 0.29) is 34.8 Å². The Kier molecular flexibility index (Phi) is 9.10. The summed E-state index contributed by atoms with van der Waals surface area (Å²) in [4.78, 5) is 41.4. The highest BCUT2D eigenvalue weighted by Crippen LogP contribution is 2.35. The number of carbonyl (C=O) groups excluding carboxylic acids is 3. The molecule has 1 saturated carbocycles. The number of hydrogen-bond donors (Lipinski definition) is 3. The Balaban J connectivity index is 1.84. The second-order valence-corrected chi connectivity index (χ2v) is 10.2. The van der Waals surface area contributed by atoms with E-state index < -0.39 is 17.9 Å². The fraction of sp³-hybridized carbons (Fsp3) is 0.357.